The number of nitrogens with zero attached hydrogens (tertiary/aromatic N) is 1. The topological polar surface area (TPSA) is 75.7 Å². The normalized spacial score (nSPS) is 13.2. The fraction of sp³-hybridized carbons (Fsp3) is 0.375. The smallest absolute Gasteiger partial charge is 0.262 e. The molecule has 1 aliphatic heterocycles. The summed E-state index contributed by atoms with van der Waals surface area (Å²) in [6.45, 7) is 4.87. The molecule has 1 fully saturated rings. The number of carbonyl (C=O) groups is 3. The summed E-state index contributed by atoms with van der Waals surface area (Å²) in [5.41, 5.74) is 3.06. The Bertz CT molecular complexity index is 915. The molecule has 0 saturated carbocycles. The van der Waals surface area contributed by atoms with Gasteiger partial charge in [0.1, 0.15) is 11.5 Å². The minimum atomic E-state index is -0.287. The highest BCUT2D eigenvalue weighted by Gasteiger charge is 2.22. The monoisotopic (exact) mass is 408 g/mol. The molecule has 158 valence electrons. The molecule has 1 aliphatic rings. The number of rotatable bonds is 8. The van der Waals surface area contributed by atoms with Crippen LogP contribution in [-0.2, 0) is 16.0 Å². The van der Waals surface area contributed by atoms with Crippen LogP contribution in [0.25, 0.3) is 0 Å². The van der Waals surface area contributed by atoms with Gasteiger partial charge in [-0.2, -0.15) is 0 Å². The Balaban J connectivity index is 1.55. The maximum atomic E-state index is 12.7. The molecule has 2 aromatic rings. The lowest BCUT2D eigenvalue weighted by atomic mass is 10.1. The zero-order valence-corrected chi connectivity index (χ0v) is 17.6. The quantitative estimate of drug-likeness (QED) is 0.721. The van der Waals surface area contributed by atoms with Crippen molar-refractivity contribution in [3.05, 3.63) is 59.2 Å². The van der Waals surface area contributed by atoms with Crippen LogP contribution in [0.3, 0.4) is 0 Å². The highest BCUT2D eigenvalue weighted by molar-refractivity contribution is 5.99. The third-order valence-corrected chi connectivity index (χ3v) is 5.29. The van der Waals surface area contributed by atoms with Gasteiger partial charge < -0.3 is 19.7 Å². The molecule has 0 spiro atoms. The number of ketones is 1. The highest BCUT2D eigenvalue weighted by Crippen LogP contribution is 2.22. The summed E-state index contributed by atoms with van der Waals surface area (Å²) in [5, 5.41) is 2.84. The minimum absolute atomic E-state index is 0.0159. The lowest BCUT2D eigenvalue weighted by molar-refractivity contribution is -0.118. The molecule has 1 heterocycles. The zero-order chi connectivity index (χ0) is 21.5. The Labute approximate surface area is 177 Å². The van der Waals surface area contributed by atoms with Crippen LogP contribution in [0.15, 0.2) is 42.5 Å². The van der Waals surface area contributed by atoms with Crippen molar-refractivity contribution in [2.45, 2.75) is 39.5 Å². The van der Waals surface area contributed by atoms with Gasteiger partial charge in [-0.1, -0.05) is 18.2 Å². The molecule has 0 atom stereocenters. The van der Waals surface area contributed by atoms with Crippen LogP contribution in [-0.4, -0.2) is 42.2 Å². The molecule has 0 aromatic heterocycles. The molecule has 0 unspecified atom stereocenters. The average molecular weight is 408 g/mol. The number of carbonyl (C=O) groups excluding carboxylic acids is 3. The van der Waals surface area contributed by atoms with Gasteiger partial charge in [0.15, 0.2) is 6.61 Å². The van der Waals surface area contributed by atoms with Crippen LogP contribution in [0.1, 0.15) is 47.7 Å². The van der Waals surface area contributed by atoms with E-state index in [2.05, 4.69) is 5.32 Å². The third kappa shape index (κ3) is 5.69. The van der Waals surface area contributed by atoms with Gasteiger partial charge >= 0.3 is 0 Å². The van der Waals surface area contributed by atoms with Gasteiger partial charge in [0.25, 0.3) is 11.8 Å². The molecule has 6 nitrogen and oxygen atoms in total. The lowest BCUT2D eigenvalue weighted by Gasteiger charge is -2.18. The molecule has 3 rings (SSSR count). The van der Waals surface area contributed by atoms with Gasteiger partial charge in [0.2, 0.25) is 0 Å². The predicted octanol–water partition coefficient (Wildman–Crippen LogP) is 3.77. The summed E-state index contributed by atoms with van der Waals surface area (Å²) in [7, 11) is 0. The Kier molecular flexibility index (Phi) is 7.22. The predicted molar refractivity (Wildman–Crippen MR) is 116 cm³/mol. The fourth-order valence-corrected chi connectivity index (χ4v) is 3.50. The van der Waals surface area contributed by atoms with Crippen molar-refractivity contribution in [1.82, 2.24) is 4.90 Å². The van der Waals surface area contributed by atoms with Gasteiger partial charge in [0, 0.05) is 30.8 Å². The van der Waals surface area contributed by atoms with Crippen molar-refractivity contribution in [2.24, 2.45) is 0 Å². The largest absolute Gasteiger partial charge is 0.484 e. The van der Waals surface area contributed by atoms with Crippen LogP contribution < -0.4 is 10.1 Å². The van der Waals surface area contributed by atoms with E-state index in [1.165, 1.54) is 0 Å². The molecule has 0 aliphatic carbocycles. The first-order chi connectivity index (χ1) is 14.4. The highest BCUT2D eigenvalue weighted by atomic mass is 16.5. The summed E-state index contributed by atoms with van der Waals surface area (Å²) in [5.74, 6) is 0.478. The molecular formula is C24H28N2O4. The van der Waals surface area contributed by atoms with E-state index in [-0.39, 0.29) is 24.2 Å². The van der Waals surface area contributed by atoms with Crippen molar-refractivity contribution in [1.29, 1.82) is 0 Å². The van der Waals surface area contributed by atoms with Gasteiger partial charge in [-0.3, -0.25) is 9.59 Å². The number of nitrogens with one attached hydrogen (secondary N) is 1. The number of hydrogen-bond donors (Lipinski definition) is 1. The minimum Gasteiger partial charge on any atom is -0.484 e. The van der Waals surface area contributed by atoms with E-state index in [9.17, 15) is 14.4 Å². The van der Waals surface area contributed by atoms with Gasteiger partial charge in [-0.25, -0.2) is 0 Å². The van der Waals surface area contributed by atoms with E-state index in [1.54, 1.807) is 37.3 Å². The number of Topliss-reactive ketones (excluding diaryl/α,β-unsaturated/α-hetero) is 1. The maximum Gasteiger partial charge on any atom is 0.262 e. The molecule has 1 saturated heterocycles. The summed E-state index contributed by atoms with van der Waals surface area (Å²) in [4.78, 5) is 38.0. The first-order valence-corrected chi connectivity index (χ1v) is 10.3. The third-order valence-electron chi connectivity index (χ3n) is 5.29. The molecule has 2 amide bonds. The molecular weight excluding hydrogens is 380 g/mol. The van der Waals surface area contributed by atoms with E-state index >= 15 is 0 Å². The van der Waals surface area contributed by atoms with Crippen LogP contribution in [0, 0.1) is 6.92 Å². The Morgan fingerprint density at radius 3 is 2.40 bits per heavy atom. The molecule has 0 bridgehead atoms. The summed E-state index contributed by atoms with van der Waals surface area (Å²) < 4.78 is 5.57. The molecule has 1 N–H and O–H groups in total. The first-order valence-electron chi connectivity index (χ1n) is 10.3. The summed E-state index contributed by atoms with van der Waals surface area (Å²) >= 11 is 0. The maximum absolute atomic E-state index is 12.7. The molecule has 2 aromatic carbocycles. The number of aryl methyl sites for hydroxylation is 1. The van der Waals surface area contributed by atoms with Gasteiger partial charge in [-0.05, 0) is 68.5 Å². The first kappa shape index (κ1) is 21.6. The average Bonchev–Trinajstić information content (AvgIpc) is 3.27. The second-order valence-electron chi connectivity index (χ2n) is 7.66. The van der Waals surface area contributed by atoms with Crippen LogP contribution in [0.4, 0.5) is 5.69 Å². The lowest BCUT2D eigenvalue weighted by Crippen LogP contribution is -2.28. The van der Waals surface area contributed by atoms with Crippen molar-refractivity contribution in [2.75, 3.05) is 25.0 Å². The summed E-state index contributed by atoms with van der Waals surface area (Å²) in [6.07, 6.45) is 3.29. The Hall–Kier alpha value is -3.15. The van der Waals surface area contributed by atoms with Crippen molar-refractivity contribution >= 4 is 23.3 Å². The number of ether oxygens (including phenoxy) is 1. The van der Waals surface area contributed by atoms with Crippen LogP contribution in [0.5, 0.6) is 5.75 Å². The molecule has 30 heavy (non-hydrogen) atoms. The zero-order valence-electron chi connectivity index (χ0n) is 17.6. The number of hydrogen-bond acceptors (Lipinski definition) is 4. The Morgan fingerprint density at radius 1 is 1.03 bits per heavy atom. The van der Waals surface area contributed by atoms with E-state index in [0.29, 0.717) is 29.8 Å². The summed E-state index contributed by atoms with van der Waals surface area (Å²) in [6, 6.07) is 12.8. The van der Waals surface area contributed by atoms with E-state index in [4.69, 9.17) is 4.74 Å². The molecule has 6 heteroatoms. The number of benzene rings is 2. The fourth-order valence-electron chi connectivity index (χ4n) is 3.50. The van der Waals surface area contributed by atoms with E-state index < -0.39 is 0 Å². The van der Waals surface area contributed by atoms with Crippen molar-refractivity contribution < 1.29 is 19.1 Å². The van der Waals surface area contributed by atoms with E-state index in [0.717, 1.165) is 37.1 Å². The van der Waals surface area contributed by atoms with E-state index in [1.807, 2.05) is 24.0 Å². The number of anilines is 1. The van der Waals surface area contributed by atoms with Gasteiger partial charge in [-0.15, -0.1) is 0 Å². The molecule has 0 radical (unpaired) electrons. The SMILES string of the molecule is CC(=O)CCc1ccc(OCC(=O)Nc2cccc(C(=O)N3CCCC3)c2C)cc1. The second-order valence-corrected chi connectivity index (χ2v) is 7.66. The standard InChI is InChI=1S/C24H28N2O4/c1-17(27)8-9-19-10-12-20(13-11-19)30-16-23(28)25-22-7-5-6-21(18(22)2)24(29)26-14-3-4-15-26/h5-7,10-13H,3-4,8-9,14-16H2,1-2H3,(H,25,28). The second kappa shape index (κ2) is 10.1. The Morgan fingerprint density at radius 2 is 1.73 bits per heavy atom. The van der Waals surface area contributed by atoms with Crippen molar-refractivity contribution in [3.63, 3.8) is 0 Å². The van der Waals surface area contributed by atoms with Crippen LogP contribution >= 0.6 is 0 Å². The van der Waals surface area contributed by atoms with Crippen LogP contribution in [0.2, 0.25) is 0 Å². The van der Waals surface area contributed by atoms with Crippen molar-refractivity contribution in [3.8, 4) is 5.75 Å². The number of likely N-dealkylation sites (tertiary alicyclic amines) is 1. The number of amides is 2. The van der Waals surface area contributed by atoms with Gasteiger partial charge in [0.05, 0.1) is 0 Å².